The van der Waals surface area contributed by atoms with Gasteiger partial charge in [-0.2, -0.15) is 0 Å². The highest BCUT2D eigenvalue weighted by molar-refractivity contribution is 7.09. The van der Waals surface area contributed by atoms with E-state index in [2.05, 4.69) is 11.4 Å². The van der Waals surface area contributed by atoms with Crippen LogP contribution in [0.2, 0.25) is 0 Å². The molecule has 0 bridgehead atoms. The summed E-state index contributed by atoms with van der Waals surface area (Å²) in [5, 5.41) is 4.98. The Labute approximate surface area is 97.9 Å². The molecule has 3 rings (SSSR count). The third-order valence-electron chi connectivity index (χ3n) is 2.90. The monoisotopic (exact) mass is 229 g/mol. The average molecular weight is 229 g/mol. The van der Waals surface area contributed by atoms with Crippen LogP contribution in [0.5, 0.6) is 0 Å². The number of thiophene rings is 1. The van der Waals surface area contributed by atoms with E-state index in [0.717, 1.165) is 17.7 Å². The quantitative estimate of drug-likeness (QED) is 0.842. The third kappa shape index (κ3) is 1.53. The van der Waals surface area contributed by atoms with Gasteiger partial charge in [0.1, 0.15) is 0 Å². The van der Waals surface area contributed by atoms with E-state index in [9.17, 15) is 4.79 Å². The maximum atomic E-state index is 11.9. The van der Waals surface area contributed by atoms with E-state index >= 15 is 0 Å². The predicted molar refractivity (Wildman–Crippen MR) is 65.8 cm³/mol. The minimum Gasteiger partial charge on any atom is -0.325 e. The molecule has 3 heteroatoms. The maximum Gasteiger partial charge on any atom is 0.232 e. The van der Waals surface area contributed by atoms with Gasteiger partial charge in [-0.05, 0) is 29.5 Å². The van der Waals surface area contributed by atoms with E-state index in [0.29, 0.717) is 0 Å². The van der Waals surface area contributed by atoms with Gasteiger partial charge in [0, 0.05) is 10.6 Å². The fraction of sp³-hybridized carbons (Fsp3) is 0.154. The molecule has 1 amide bonds. The molecule has 0 fully saturated rings. The number of hydrogen-bond donors (Lipinski definition) is 1. The lowest BCUT2D eigenvalue weighted by molar-refractivity contribution is -0.117. The molecule has 0 unspecified atom stereocenters. The number of hydrogen-bond acceptors (Lipinski definition) is 2. The van der Waals surface area contributed by atoms with Crippen molar-refractivity contribution < 1.29 is 4.79 Å². The van der Waals surface area contributed by atoms with Crippen LogP contribution < -0.4 is 5.32 Å². The molecule has 1 aromatic heterocycles. The van der Waals surface area contributed by atoms with E-state index in [1.165, 1.54) is 4.88 Å². The Morgan fingerprint density at radius 2 is 2.06 bits per heavy atom. The van der Waals surface area contributed by atoms with Crippen molar-refractivity contribution in [1.82, 2.24) is 0 Å². The number of rotatable bonds is 2. The molecule has 0 saturated carbocycles. The molecular formula is C13H11NOS. The van der Waals surface area contributed by atoms with Crippen LogP contribution in [0.25, 0.3) is 0 Å². The molecule has 0 radical (unpaired) electrons. The number of carbonyl (C=O) groups is 1. The number of nitrogens with one attached hydrogen (secondary N) is 1. The summed E-state index contributed by atoms with van der Waals surface area (Å²) in [6.45, 7) is 0. The number of anilines is 1. The second-order valence-corrected chi connectivity index (χ2v) is 4.94. The van der Waals surface area contributed by atoms with Gasteiger partial charge in [-0.15, -0.1) is 11.3 Å². The minimum atomic E-state index is -0.0187. The lowest BCUT2D eigenvalue weighted by Crippen LogP contribution is -2.13. The molecule has 16 heavy (non-hydrogen) atoms. The number of amides is 1. The molecule has 1 aliphatic heterocycles. The highest BCUT2D eigenvalue weighted by atomic mass is 32.1. The highest BCUT2D eigenvalue weighted by Crippen LogP contribution is 2.35. The van der Waals surface area contributed by atoms with Crippen molar-refractivity contribution in [2.45, 2.75) is 12.3 Å². The summed E-state index contributed by atoms with van der Waals surface area (Å²) in [7, 11) is 0. The first-order valence-electron chi connectivity index (χ1n) is 5.27. The van der Waals surface area contributed by atoms with Crippen molar-refractivity contribution >= 4 is 22.9 Å². The van der Waals surface area contributed by atoms with Gasteiger partial charge in [0.15, 0.2) is 0 Å². The lowest BCUT2D eigenvalue weighted by atomic mass is 9.97. The van der Waals surface area contributed by atoms with Crippen LogP contribution in [0.15, 0.2) is 41.8 Å². The normalized spacial score (nSPS) is 18.2. The van der Waals surface area contributed by atoms with E-state index in [-0.39, 0.29) is 11.8 Å². The Morgan fingerprint density at radius 3 is 2.88 bits per heavy atom. The van der Waals surface area contributed by atoms with Gasteiger partial charge in [-0.3, -0.25) is 4.79 Å². The Balaban J connectivity index is 1.93. The smallest absolute Gasteiger partial charge is 0.232 e. The van der Waals surface area contributed by atoms with Crippen LogP contribution in [0.4, 0.5) is 5.69 Å². The molecule has 1 N–H and O–H groups in total. The Bertz CT molecular complexity index is 518. The summed E-state index contributed by atoms with van der Waals surface area (Å²) in [6.07, 6.45) is 0.806. The zero-order valence-corrected chi connectivity index (χ0v) is 9.46. The fourth-order valence-corrected chi connectivity index (χ4v) is 2.86. The van der Waals surface area contributed by atoms with Gasteiger partial charge in [0.2, 0.25) is 5.91 Å². The van der Waals surface area contributed by atoms with Crippen LogP contribution in [-0.2, 0) is 11.2 Å². The topological polar surface area (TPSA) is 29.1 Å². The van der Waals surface area contributed by atoms with Crippen LogP contribution >= 0.6 is 11.3 Å². The van der Waals surface area contributed by atoms with Gasteiger partial charge in [0.25, 0.3) is 0 Å². The van der Waals surface area contributed by atoms with Crippen molar-refractivity contribution in [3.63, 3.8) is 0 Å². The van der Waals surface area contributed by atoms with Crippen LogP contribution in [0.3, 0.4) is 0 Å². The van der Waals surface area contributed by atoms with Gasteiger partial charge in [0.05, 0.1) is 5.92 Å². The Hall–Kier alpha value is -1.61. The molecule has 2 aromatic rings. The zero-order chi connectivity index (χ0) is 11.0. The van der Waals surface area contributed by atoms with Crippen molar-refractivity contribution in [2.75, 3.05) is 5.32 Å². The third-order valence-corrected chi connectivity index (χ3v) is 3.79. The second-order valence-electron chi connectivity index (χ2n) is 3.91. The number of benzene rings is 1. The summed E-state index contributed by atoms with van der Waals surface area (Å²) < 4.78 is 0. The first-order chi connectivity index (χ1) is 7.84. The van der Waals surface area contributed by atoms with E-state index < -0.39 is 0 Å². The van der Waals surface area contributed by atoms with Crippen LogP contribution in [0.1, 0.15) is 16.4 Å². The van der Waals surface area contributed by atoms with Crippen molar-refractivity contribution in [2.24, 2.45) is 0 Å². The van der Waals surface area contributed by atoms with Gasteiger partial charge < -0.3 is 5.32 Å². The molecule has 80 valence electrons. The summed E-state index contributed by atoms with van der Waals surface area (Å²) in [5.74, 6) is 0.101. The zero-order valence-electron chi connectivity index (χ0n) is 8.64. The molecular weight excluding hydrogens is 218 g/mol. The van der Waals surface area contributed by atoms with Crippen molar-refractivity contribution in [3.05, 3.63) is 52.2 Å². The van der Waals surface area contributed by atoms with Gasteiger partial charge in [-0.25, -0.2) is 0 Å². The molecule has 2 heterocycles. The largest absolute Gasteiger partial charge is 0.325 e. The van der Waals surface area contributed by atoms with Crippen LogP contribution in [-0.4, -0.2) is 5.91 Å². The SMILES string of the molecule is O=C1Nc2ccccc2[C@@H]1Cc1cccs1. The molecule has 1 atom stereocenters. The van der Waals surface area contributed by atoms with Crippen molar-refractivity contribution in [3.8, 4) is 0 Å². The summed E-state index contributed by atoms with van der Waals surface area (Å²) >= 11 is 1.71. The fourth-order valence-electron chi connectivity index (χ4n) is 2.11. The predicted octanol–water partition coefficient (Wildman–Crippen LogP) is 3.03. The standard InChI is InChI=1S/C13H11NOS/c15-13-11(8-9-4-3-7-16-9)10-5-1-2-6-12(10)14-13/h1-7,11H,8H2,(H,14,15)/t11-/m0/s1. The van der Waals surface area contributed by atoms with E-state index in [1.807, 2.05) is 35.7 Å². The number of carbonyl (C=O) groups excluding carboxylic acids is 1. The van der Waals surface area contributed by atoms with Gasteiger partial charge in [-0.1, -0.05) is 24.3 Å². The van der Waals surface area contributed by atoms with E-state index in [1.54, 1.807) is 11.3 Å². The lowest BCUT2D eigenvalue weighted by Gasteiger charge is -2.06. The summed E-state index contributed by atoms with van der Waals surface area (Å²) in [6, 6.07) is 12.0. The highest BCUT2D eigenvalue weighted by Gasteiger charge is 2.30. The number of para-hydroxylation sites is 1. The summed E-state index contributed by atoms with van der Waals surface area (Å²) in [4.78, 5) is 13.1. The number of fused-ring (bicyclic) bond motifs is 1. The van der Waals surface area contributed by atoms with Crippen LogP contribution in [0, 0.1) is 0 Å². The maximum absolute atomic E-state index is 11.9. The molecule has 1 aliphatic rings. The Morgan fingerprint density at radius 1 is 1.19 bits per heavy atom. The molecule has 0 spiro atoms. The molecule has 2 nitrogen and oxygen atoms in total. The second kappa shape index (κ2) is 3.76. The average Bonchev–Trinajstić information content (AvgIpc) is 2.89. The molecule has 0 aliphatic carbocycles. The van der Waals surface area contributed by atoms with Crippen molar-refractivity contribution in [1.29, 1.82) is 0 Å². The Kier molecular flexibility index (Phi) is 2.26. The summed E-state index contributed by atoms with van der Waals surface area (Å²) in [5.41, 5.74) is 2.09. The first-order valence-corrected chi connectivity index (χ1v) is 6.15. The first kappa shape index (κ1) is 9.60. The molecule has 0 saturated heterocycles. The van der Waals surface area contributed by atoms with Gasteiger partial charge >= 0.3 is 0 Å². The molecule has 1 aromatic carbocycles. The van der Waals surface area contributed by atoms with E-state index in [4.69, 9.17) is 0 Å². The minimum absolute atomic E-state index is 0.0187.